The van der Waals surface area contributed by atoms with Gasteiger partial charge in [0.15, 0.2) is 0 Å². The molecule has 0 aliphatic carbocycles. The summed E-state index contributed by atoms with van der Waals surface area (Å²) in [6.07, 6.45) is -0.449. The summed E-state index contributed by atoms with van der Waals surface area (Å²) in [5.41, 5.74) is 0. The van der Waals surface area contributed by atoms with Crippen molar-refractivity contribution in [1.29, 1.82) is 0 Å². The lowest BCUT2D eigenvalue weighted by molar-refractivity contribution is -0.148. The van der Waals surface area contributed by atoms with Crippen LogP contribution in [-0.2, 0) is 19.1 Å². The van der Waals surface area contributed by atoms with Crippen LogP contribution in [-0.4, -0.2) is 143 Å². The molecule has 0 fully saturated rings. The highest BCUT2D eigenvalue weighted by molar-refractivity contribution is 5.96. The van der Waals surface area contributed by atoms with Crippen LogP contribution in [0.4, 0.5) is 0 Å². The van der Waals surface area contributed by atoms with Crippen LogP contribution in [0.1, 0.15) is 12.8 Å². The maximum Gasteiger partial charge on any atom is 0.307 e. The van der Waals surface area contributed by atoms with Crippen molar-refractivity contribution in [3.05, 3.63) is 0 Å². The Hall–Kier alpha value is -1.83. The van der Waals surface area contributed by atoms with Crippen molar-refractivity contribution < 1.29 is 44.7 Å². The topological polar surface area (TPSA) is 171 Å². The number of rotatable bonds is 18. The number of hydrogen-bond acceptors (Lipinski definition) is 10. The molecule has 0 aromatic rings. The highest BCUT2D eigenvalue weighted by Crippen LogP contribution is 2.01. The summed E-state index contributed by atoms with van der Waals surface area (Å²) in [5.74, 6) is -1.64. The van der Waals surface area contributed by atoms with Gasteiger partial charge in [0.2, 0.25) is 11.8 Å². The first-order valence-electron chi connectivity index (χ1n) is 9.91. The van der Waals surface area contributed by atoms with E-state index in [4.69, 9.17) is 30.3 Å². The zero-order valence-corrected chi connectivity index (χ0v) is 17.3. The minimum Gasteiger partial charge on any atom is -0.464 e. The van der Waals surface area contributed by atoms with Gasteiger partial charge in [-0.2, -0.15) is 0 Å². The molecule has 0 radical (unpaired) electrons. The molecule has 0 aliphatic heterocycles. The number of hydrogen-bond donors (Lipinski definition) is 5. The molecule has 0 saturated heterocycles. The van der Waals surface area contributed by atoms with Gasteiger partial charge in [-0.05, 0) is 0 Å². The van der Waals surface area contributed by atoms with E-state index in [1.165, 1.54) is 9.80 Å². The molecule has 12 nitrogen and oxygen atoms in total. The zero-order valence-electron chi connectivity index (χ0n) is 17.3. The Kier molecular flexibility index (Phi) is 16.9. The van der Waals surface area contributed by atoms with E-state index in [2.05, 4.69) is 0 Å². The molecule has 0 aliphatic rings. The van der Waals surface area contributed by atoms with E-state index in [1.54, 1.807) is 4.90 Å². The van der Waals surface area contributed by atoms with Crippen molar-refractivity contribution in [3.63, 3.8) is 0 Å². The molecule has 0 aromatic carbocycles. The fourth-order valence-electron chi connectivity index (χ4n) is 2.65. The average molecular weight is 437 g/mol. The molecule has 0 spiro atoms. The van der Waals surface area contributed by atoms with E-state index < -0.39 is 24.2 Å². The Labute approximate surface area is 176 Å². The quantitative estimate of drug-likeness (QED) is 0.106. The van der Waals surface area contributed by atoms with E-state index in [-0.39, 0.29) is 72.2 Å². The number of ether oxygens (including phenoxy) is 1. The Morgan fingerprint density at radius 3 is 1.47 bits per heavy atom. The van der Waals surface area contributed by atoms with Gasteiger partial charge in [0.1, 0.15) is 13.0 Å². The van der Waals surface area contributed by atoms with Gasteiger partial charge in [-0.15, -0.1) is 0 Å². The van der Waals surface area contributed by atoms with Gasteiger partial charge in [-0.25, -0.2) is 0 Å². The molecule has 0 saturated carbocycles. The van der Waals surface area contributed by atoms with Crippen molar-refractivity contribution in [2.75, 3.05) is 85.5 Å². The van der Waals surface area contributed by atoms with Crippen LogP contribution in [0.5, 0.6) is 0 Å². The van der Waals surface area contributed by atoms with Crippen molar-refractivity contribution in [2.45, 2.75) is 12.8 Å². The van der Waals surface area contributed by atoms with Crippen LogP contribution in [0.25, 0.3) is 0 Å². The minimum absolute atomic E-state index is 0.00456. The molecular weight excluding hydrogens is 402 g/mol. The van der Waals surface area contributed by atoms with Crippen LogP contribution in [0.3, 0.4) is 0 Å². The number of aliphatic hydroxyl groups is 5. The molecule has 30 heavy (non-hydrogen) atoms. The van der Waals surface area contributed by atoms with E-state index in [0.717, 1.165) is 0 Å². The predicted octanol–water partition coefficient (Wildman–Crippen LogP) is -3.77. The molecule has 0 unspecified atom stereocenters. The van der Waals surface area contributed by atoms with Crippen LogP contribution >= 0.6 is 0 Å². The van der Waals surface area contributed by atoms with Crippen LogP contribution in [0.2, 0.25) is 0 Å². The summed E-state index contributed by atoms with van der Waals surface area (Å²) in [6.45, 7) is -0.345. The predicted molar refractivity (Wildman–Crippen MR) is 105 cm³/mol. The number of carbonyl (C=O) groups is 3. The first kappa shape index (κ1) is 28.2. The van der Waals surface area contributed by atoms with E-state index in [0.29, 0.717) is 19.6 Å². The normalized spacial score (nSPS) is 10.9. The smallest absolute Gasteiger partial charge is 0.307 e. The second-order valence-electron chi connectivity index (χ2n) is 6.37. The number of esters is 1. The summed E-state index contributed by atoms with van der Waals surface area (Å²) in [6, 6.07) is 0. The highest BCUT2D eigenvalue weighted by atomic mass is 16.5. The van der Waals surface area contributed by atoms with Gasteiger partial charge in [-0.1, -0.05) is 0 Å². The lowest BCUT2D eigenvalue weighted by Gasteiger charge is -2.24. The third-order valence-electron chi connectivity index (χ3n) is 4.21. The van der Waals surface area contributed by atoms with Crippen LogP contribution in [0.15, 0.2) is 0 Å². The van der Waals surface area contributed by atoms with Gasteiger partial charge in [0.05, 0.1) is 46.0 Å². The maximum absolute atomic E-state index is 12.3. The monoisotopic (exact) mass is 437 g/mol. The average Bonchev–Trinajstić information content (AvgIpc) is 2.71. The van der Waals surface area contributed by atoms with Gasteiger partial charge in [0, 0.05) is 39.3 Å². The Bertz CT molecular complexity index is 482. The van der Waals surface area contributed by atoms with Crippen molar-refractivity contribution in [3.8, 4) is 0 Å². The molecule has 0 heterocycles. The third kappa shape index (κ3) is 12.7. The molecule has 2 amide bonds. The first-order chi connectivity index (χ1) is 14.4. The second-order valence-corrected chi connectivity index (χ2v) is 6.37. The van der Waals surface area contributed by atoms with E-state index in [1.807, 2.05) is 0 Å². The lowest BCUT2D eigenvalue weighted by Crippen LogP contribution is -2.42. The van der Waals surface area contributed by atoms with E-state index >= 15 is 0 Å². The molecule has 0 atom stereocenters. The van der Waals surface area contributed by atoms with Gasteiger partial charge in [0.25, 0.3) is 0 Å². The summed E-state index contributed by atoms with van der Waals surface area (Å²) < 4.78 is 5.08. The van der Waals surface area contributed by atoms with Crippen LogP contribution in [0, 0.1) is 0 Å². The molecule has 176 valence electrons. The second kappa shape index (κ2) is 18.0. The molecule has 0 aromatic heterocycles. The number of amides is 2. The molecule has 5 N–H and O–H groups in total. The fraction of sp³-hybridized carbons (Fsp3) is 0.833. The summed E-state index contributed by atoms with van der Waals surface area (Å²) in [4.78, 5) is 40.4. The standard InChI is InChI=1S/C18H35N3O9/c22-9-3-19(4-10-23)2-1-18(29)30-14-8-21(7-13-26)17(28)15-16(27)20(5-11-24)6-12-25/h22-26H,1-15H2. The number of carbonyl (C=O) groups excluding carboxylic acids is 3. The van der Waals surface area contributed by atoms with Crippen molar-refractivity contribution in [2.24, 2.45) is 0 Å². The SMILES string of the molecule is O=C(CCN(CCO)CCO)OCCN(CCO)C(=O)CC(=O)N(CCO)CCO. The summed E-state index contributed by atoms with van der Waals surface area (Å²) in [5, 5.41) is 45.0. The van der Waals surface area contributed by atoms with Gasteiger partial charge >= 0.3 is 5.97 Å². The zero-order chi connectivity index (χ0) is 22.8. The first-order valence-corrected chi connectivity index (χ1v) is 9.91. The molecule has 12 heteroatoms. The number of aliphatic hydroxyl groups excluding tert-OH is 5. The third-order valence-corrected chi connectivity index (χ3v) is 4.21. The van der Waals surface area contributed by atoms with Gasteiger partial charge < -0.3 is 40.1 Å². The molecular formula is C18H35N3O9. The Balaban J connectivity index is 4.48. The van der Waals surface area contributed by atoms with Crippen LogP contribution < -0.4 is 0 Å². The van der Waals surface area contributed by atoms with Gasteiger partial charge in [-0.3, -0.25) is 19.3 Å². The largest absolute Gasteiger partial charge is 0.464 e. The highest BCUT2D eigenvalue weighted by Gasteiger charge is 2.21. The van der Waals surface area contributed by atoms with E-state index in [9.17, 15) is 14.4 Å². The fourth-order valence-corrected chi connectivity index (χ4v) is 2.65. The maximum atomic E-state index is 12.3. The number of nitrogens with zero attached hydrogens (tertiary/aromatic N) is 3. The summed E-state index contributed by atoms with van der Waals surface area (Å²) in [7, 11) is 0. The molecule has 0 rings (SSSR count). The van der Waals surface area contributed by atoms with Crippen molar-refractivity contribution >= 4 is 17.8 Å². The summed E-state index contributed by atoms with van der Waals surface area (Å²) >= 11 is 0. The minimum atomic E-state index is -0.567. The lowest BCUT2D eigenvalue weighted by atomic mass is 10.3. The molecule has 0 bridgehead atoms. The Morgan fingerprint density at radius 2 is 1.03 bits per heavy atom. The Morgan fingerprint density at radius 1 is 0.600 bits per heavy atom. The van der Waals surface area contributed by atoms with Crippen molar-refractivity contribution in [1.82, 2.24) is 14.7 Å².